The van der Waals surface area contributed by atoms with Crippen molar-refractivity contribution in [3.05, 3.63) is 58.3 Å². The summed E-state index contributed by atoms with van der Waals surface area (Å²) >= 11 is 4.34. The van der Waals surface area contributed by atoms with Gasteiger partial charge in [0.15, 0.2) is 5.17 Å². The predicted molar refractivity (Wildman–Crippen MR) is 90.1 cm³/mol. The monoisotopic (exact) mass is 400 g/mol. The molecular weight excluding hydrogens is 391 g/mol. The Kier molecular flexibility index (Phi) is 4.24. The molecule has 0 bridgehead atoms. The van der Waals surface area contributed by atoms with E-state index in [0.29, 0.717) is 15.7 Å². The van der Waals surface area contributed by atoms with Crippen LogP contribution in [0.3, 0.4) is 0 Å². The summed E-state index contributed by atoms with van der Waals surface area (Å²) in [4.78, 5) is 0.147. The minimum Gasteiger partial charge on any atom is -0.333 e. The Hall–Kier alpha value is -1.38. The molecule has 0 aromatic heterocycles. The lowest BCUT2D eigenvalue weighted by atomic mass is 10.2. The van der Waals surface area contributed by atoms with E-state index in [1.165, 1.54) is 12.1 Å². The van der Waals surface area contributed by atoms with Gasteiger partial charge in [0, 0.05) is 10.2 Å². The van der Waals surface area contributed by atoms with Gasteiger partial charge in [0.1, 0.15) is 10.7 Å². The number of halogens is 2. The fraction of sp³-hybridized carbons (Fsp3) is 0.0714. The lowest BCUT2D eigenvalue weighted by Gasteiger charge is -2.17. The number of hydrogen-bond donors (Lipinski definition) is 1. The van der Waals surface area contributed by atoms with Gasteiger partial charge >= 0.3 is 0 Å². The molecule has 2 aromatic carbocycles. The van der Waals surface area contributed by atoms with Gasteiger partial charge < -0.3 is 5.32 Å². The number of rotatable bonds is 2. The molecule has 0 unspecified atom stereocenters. The first-order chi connectivity index (χ1) is 10.5. The Morgan fingerprint density at radius 3 is 2.77 bits per heavy atom. The number of thioether (sulfide) groups is 1. The Balaban J connectivity index is 1.81. The number of amidine groups is 1. The molecular formula is C14H10BrFN2O2S2. The molecule has 1 aliphatic rings. The average molecular weight is 401 g/mol. The first-order valence-corrected chi connectivity index (χ1v) is 9.45. The van der Waals surface area contributed by atoms with Crippen LogP contribution < -0.4 is 5.32 Å². The molecule has 114 valence electrons. The molecule has 0 spiro atoms. The van der Waals surface area contributed by atoms with E-state index < -0.39 is 10.0 Å². The van der Waals surface area contributed by atoms with Crippen LogP contribution in [0.2, 0.25) is 0 Å². The highest BCUT2D eigenvalue weighted by molar-refractivity contribution is 9.10. The van der Waals surface area contributed by atoms with Gasteiger partial charge in [-0.15, -0.1) is 4.40 Å². The third kappa shape index (κ3) is 3.18. The third-order valence-electron chi connectivity index (χ3n) is 2.99. The van der Waals surface area contributed by atoms with E-state index in [1.807, 2.05) is 0 Å². The zero-order valence-corrected chi connectivity index (χ0v) is 14.3. The minimum absolute atomic E-state index is 0.147. The van der Waals surface area contributed by atoms with Crippen LogP contribution in [-0.4, -0.2) is 13.6 Å². The molecule has 1 heterocycles. The zero-order valence-electron chi connectivity index (χ0n) is 11.1. The number of para-hydroxylation sites is 1. The molecule has 2 aromatic rings. The van der Waals surface area contributed by atoms with Gasteiger partial charge in [-0.2, -0.15) is 8.42 Å². The second-order valence-corrected chi connectivity index (χ2v) is 7.97. The van der Waals surface area contributed by atoms with Gasteiger partial charge in [-0.1, -0.05) is 45.9 Å². The highest BCUT2D eigenvalue weighted by Gasteiger charge is 2.24. The number of nitrogens with one attached hydrogen (secondary N) is 1. The molecule has 0 saturated heterocycles. The predicted octanol–water partition coefficient (Wildman–Crippen LogP) is 3.99. The summed E-state index contributed by atoms with van der Waals surface area (Å²) in [5, 5.41) is 3.19. The van der Waals surface area contributed by atoms with Gasteiger partial charge in [-0.05, 0) is 29.8 Å². The first kappa shape index (κ1) is 15.5. The maximum atomic E-state index is 13.8. The van der Waals surface area contributed by atoms with Crippen LogP contribution >= 0.6 is 27.7 Å². The first-order valence-electron chi connectivity index (χ1n) is 6.23. The molecule has 22 heavy (non-hydrogen) atoms. The fourth-order valence-corrected chi connectivity index (χ4v) is 4.50. The summed E-state index contributed by atoms with van der Waals surface area (Å²) in [6.45, 7) is 0. The lowest BCUT2D eigenvalue weighted by molar-refractivity contribution is 0.598. The second-order valence-electron chi connectivity index (χ2n) is 4.52. The van der Waals surface area contributed by atoms with Crippen molar-refractivity contribution >= 4 is 48.6 Å². The van der Waals surface area contributed by atoms with Crippen LogP contribution in [0.1, 0.15) is 5.56 Å². The number of benzene rings is 2. The van der Waals surface area contributed by atoms with E-state index in [1.54, 1.807) is 30.3 Å². The third-order valence-corrected chi connectivity index (χ3v) is 5.85. The highest BCUT2D eigenvalue weighted by Crippen LogP contribution is 2.30. The number of fused-ring (bicyclic) bond motifs is 1. The largest absolute Gasteiger partial charge is 0.333 e. The van der Waals surface area contributed by atoms with Crippen molar-refractivity contribution in [3.8, 4) is 0 Å². The van der Waals surface area contributed by atoms with E-state index in [0.717, 1.165) is 11.8 Å². The molecule has 0 aliphatic carbocycles. The Morgan fingerprint density at radius 2 is 2.00 bits per heavy atom. The summed E-state index contributed by atoms with van der Waals surface area (Å²) in [6.07, 6.45) is 0. The average Bonchev–Trinajstić information content (AvgIpc) is 2.46. The van der Waals surface area contributed by atoms with E-state index >= 15 is 0 Å². The van der Waals surface area contributed by atoms with Crippen LogP contribution in [0.15, 0.2) is 56.2 Å². The van der Waals surface area contributed by atoms with Crippen molar-refractivity contribution < 1.29 is 12.8 Å². The lowest BCUT2D eigenvalue weighted by Crippen LogP contribution is -2.18. The molecule has 0 radical (unpaired) electrons. The molecule has 0 atom stereocenters. The number of sulfonamides is 1. The van der Waals surface area contributed by atoms with E-state index in [4.69, 9.17) is 0 Å². The van der Waals surface area contributed by atoms with Gasteiger partial charge in [0.2, 0.25) is 0 Å². The van der Waals surface area contributed by atoms with Crippen molar-refractivity contribution in [2.75, 3.05) is 5.32 Å². The maximum absolute atomic E-state index is 13.8. The Morgan fingerprint density at radius 1 is 1.23 bits per heavy atom. The Bertz CT molecular complexity index is 869. The number of anilines is 1. The van der Waals surface area contributed by atoms with Crippen LogP contribution in [0.4, 0.5) is 10.1 Å². The topological polar surface area (TPSA) is 58.5 Å². The molecule has 0 amide bonds. The van der Waals surface area contributed by atoms with Gasteiger partial charge in [0.25, 0.3) is 10.0 Å². The van der Waals surface area contributed by atoms with Crippen LogP contribution in [-0.2, 0) is 15.8 Å². The van der Waals surface area contributed by atoms with Crippen molar-refractivity contribution in [1.29, 1.82) is 0 Å². The highest BCUT2D eigenvalue weighted by atomic mass is 79.9. The van der Waals surface area contributed by atoms with Crippen LogP contribution in [0, 0.1) is 5.82 Å². The summed E-state index contributed by atoms with van der Waals surface area (Å²) in [7, 11) is -3.71. The molecule has 0 fully saturated rings. The van der Waals surface area contributed by atoms with Gasteiger partial charge in [-0.3, -0.25) is 0 Å². The van der Waals surface area contributed by atoms with Crippen molar-refractivity contribution in [1.82, 2.24) is 0 Å². The van der Waals surface area contributed by atoms with E-state index in [2.05, 4.69) is 25.6 Å². The Labute approximate surface area is 140 Å². The second kappa shape index (κ2) is 6.02. The summed E-state index contributed by atoms with van der Waals surface area (Å²) in [5.74, 6) is -0.0654. The molecule has 1 N–H and O–H groups in total. The minimum atomic E-state index is -3.71. The van der Waals surface area contributed by atoms with Gasteiger partial charge in [0.05, 0.1) is 5.69 Å². The molecule has 0 saturated carbocycles. The summed E-state index contributed by atoms with van der Waals surface area (Å²) < 4.78 is 42.3. The molecule has 8 heteroatoms. The smallest absolute Gasteiger partial charge is 0.286 e. The quantitative estimate of drug-likeness (QED) is 0.827. The normalized spacial score (nSPS) is 15.6. The summed E-state index contributed by atoms with van der Waals surface area (Å²) in [6, 6.07) is 11.3. The van der Waals surface area contributed by atoms with E-state index in [-0.39, 0.29) is 21.6 Å². The molecule has 1 aliphatic heterocycles. The van der Waals surface area contributed by atoms with Crippen molar-refractivity contribution in [2.45, 2.75) is 10.6 Å². The van der Waals surface area contributed by atoms with Crippen molar-refractivity contribution in [3.63, 3.8) is 0 Å². The number of hydrogen-bond acceptors (Lipinski definition) is 4. The van der Waals surface area contributed by atoms with Crippen molar-refractivity contribution in [2.24, 2.45) is 4.40 Å². The SMILES string of the molecule is O=S1(=O)N=C(SCc2ccc(Br)cc2F)Nc2ccccc21. The van der Waals surface area contributed by atoms with Crippen LogP contribution in [0.5, 0.6) is 0 Å². The maximum Gasteiger partial charge on any atom is 0.286 e. The zero-order chi connectivity index (χ0) is 15.7. The fourth-order valence-electron chi connectivity index (χ4n) is 1.94. The number of nitrogens with zero attached hydrogens (tertiary/aromatic N) is 1. The van der Waals surface area contributed by atoms with Gasteiger partial charge in [-0.25, -0.2) is 4.39 Å². The summed E-state index contributed by atoms with van der Waals surface area (Å²) in [5.41, 5.74) is 0.963. The van der Waals surface area contributed by atoms with Crippen LogP contribution in [0.25, 0.3) is 0 Å². The standard InChI is InChI=1S/C14H10BrFN2O2S2/c15-10-6-5-9(11(16)7-10)8-21-14-17-12-3-1-2-4-13(12)22(19,20)18-14/h1-7H,8H2,(H,17,18). The van der Waals surface area contributed by atoms with E-state index in [9.17, 15) is 12.8 Å². The molecule has 3 rings (SSSR count). The molecule has 4 nitrogen and oxygen atoms in total.